The lowest BCUT2D eigenvalue weighted by Crippen LogP contribution is -2.51. The molecule has 2 aliphatic rings. The van der Waals surface area contributed by atoms with Crippen LogP contribution < -0.4 is 10.2 Å². The molecule has 7 rings (SSSR count). The van der Waals surface area contributed by atoms with E-state index in [-0.39, 0.29) is 24.2 Å². The Kier molecular flexibility index (Phi) is 8.33. The zero-order valence-electron chi connectivity index (χ0n) is 26.6. The fraction of sp³-hybridized carbons (Fsp3) is 0.270. The number of halogens is 1. The number of carbonyl (C=O) groups is 2. The number of pyridine rings is 2. The van der Waals surface area contributed by atoms with E-state index in [1.54, 1.807) is 12.3 Å². The van der Waals surface area contributed by atoms with Crippen LogP contribution in [0.1, 0.15) is 12.1 Å². The molecule has 2 amide bonds. The first-order valence-corrected chi connectivity index (χ1v) is 16.0. The minimum absolute atomic E-state index is 0.0323. The molecular formula is C37H35FN8O2. The molecule has 1 unspecified atom stereocenters. The molecule has 3 aromatic heterocycles. The Labute approximate surface area is 278 Å². The predicted molar refractivity (Wildman–Crippen MR) is 183 cm³/mol. The van der Waals surface area contributed by atoms with Gasteiger partial charge in [0.2, 0.25) is 11.8 Å². The lowest BCUT2D eigenvalue weighted by molar-refractivity contribution is -0.133. The van der Waals surface area contributed by atoms with Gasteiger partial charge in [0.1, 0.15) is 16.9 Å². The monoisotopic (exact) mass is 642 g/mol. The van der Waals surface area contributed by atoms with Crippen molar-refractivity contribution >= 4 is 34.1 Å². The van der Waals surface area contributed by atoms with Crippen molar-refractivity contribution in [1.29, 1.82) is 0 Å². The van der Waals surface area contributed by atoms with Gasteiger partial charge >= 0.3 is 0 Å². The Morgan fingerprint density at radius 3 is 2.52 bits per heavy atom. The number of rotatable bonds is 7. The highest BCUT2D eigenvalue weighted by molar-refractivity contribution is 6.01. The first-order valence-electron chi connectivity index (χ1n) is 16.0. The summed E-state index contributed by atoms with van der Waals surface area (Å²) in [6.07, 6.45) is 9.42. The van der Waals surface area contributed by atoms with Crippen LogP contribution in [0.5, 0.6) is 0 Å². The quantitative estimate of drug-likeness (QED) is 0.247. The smallest absolute Gasteiger partial charge is 0.244 e. The SMILES string of the molecule is C#CC1(C(=O)Nc2ccc3[nH]nc(-c4ccnc(C)c4)c3c2)CCN(CC(=O)N2CCN(c3ccc(-c4ccc(F)cn4)cc3)CC2)C1. The van der Waals surface area contributed by atoms with Gasteiger partial charge in [-0.05, 0) is 67.9 Å². The van der Waals surface area contributed by atoms with Gasteiger partial charge in [-0.3, -0.25) is 29.6 Å². The summed E-state index contributed by atoms with van der Waals surface area (Å²) in [7, 11) is 0. The number of likely N-dealkylation sites (tertiary alicyclic amines) is 1. The second-order valence-corrected chi connectivity index (χ2v) is 12.4. The number of hydrogen-bond acceptors (Lipinski definition) is 7. The molecule has 2 fully saturated rings. The molecule has 48 heavy (non-hydrogen) atoms. The molecule has 2 saturated heterocycles. The summed E-state index contributed by atoms with van der Waals surface area (Å²) in [5.74, 6) is 2.19. The molecule has 0 spiro atoms. The van der Waals surface area contributed by atoms with Gasteiger partial charge in [0.05, 0.1) is 24.0 Å². The Balaban J connectivity index is 0.939. The number of H-pyrrole nitrogens is 1. The van der Waals surface area contributed by atoms with Crippen molar-refractivity contribution in [1.82, 2.24) is 30.0 Å². The minimum Gasteiger partial charge on any atom is -0.368 e. The van der Waals surface area contributed by atoms with Crippen molar-refractivity contribution in [3.05, 3.63) is 90.6 Å². The molecule has 11 heteroatoms. The van der Waals surface area contributed by atoms with Crippen molar-refractivity contribution in [2.24, 2.45) is 5.41 Å². The van der Waals surface area contributed by atoms with E-state index in [9.17, 15) is 14.0 Å². The Hall–Kier alpha value is -5.60. The molecule has 10 nitrogen and oxygen atoms in total. The van der Waals surface area contributed by atoms with Gasteiger partial charge < -0.3 is 15.1 Å². The van der Waals surface area contributed by atoms with Crippen molar-refractivity contribution in [3.63, 3.8) is 0 Å². The van der Waals surface area contributed by atoms with Gasteiger partial charge in [0.15, 0.2) is 0 Å². The molecule has 1 atom stereocenters. The van der Waals surface area contributed by atoms with Crippen LogP contribution >= 0.6 is 0 Å². The van der Waals surface area contributed by atoms with Crippen molar-refractivity contribution in [2.75, 3.05) is 56.0 Å². The van der Waals surface area contributed by atoms with E-state index < -0.39 is 5.41 Å². The third-order valence-electron chi connectivity index (χ3n) is 9.30. The van der Waals surface area contributed by atoms with Crippen LogP contribution in [-0.2, 0) is 9.59 Å². The Morgan fingerprint density at radius 2 is 1.79 bits per heavy atom. The number of nitrogens with zero attached hydrogens (tertiary/aromatic N) is 6. The fourth-order valence-corrected chi connectivity index (χ4v) is 6.54. The summed E-state index contributed by atoms with van der Waals surface area (Å²) in [5.41, 5.74) is 5.74. The summed E-state index contributed by atoms with van der Waals surface area (Å²) in [5, 5.41) is 11.5. The number of anilines is 2. The highest BCUT2D eigenvalue weighted by Gasteiger charge is 2.44. The largest absolute Gasteiger partial charge is 0.368 e. The average Bonchev–Trinajstić information content (AvgIpc) is 3.73. The zero-order chi connectivity index (χ0) is 33.3. The number of aromatic amines is 1. The number of nitrogens with one attached hydrogen (secondary N) is 2. The van der Waals surface area contributed by atoms with Crippen LogP contribution in [0.4, 0.5) is 15.8 Å². The van der Waals surface area contributed by atoms with Gasteiger partial charge in [-0.2, -0.15) is 5.10 Å². The third kappa shape index (κ3) is 6.22. The molecule has 5 aromatic rings. The third-order valence-corrected chi connectivity index (χ3v) is 9.30. The van der Waals surface area contributed by atoms with Crippen LogP contribution in [0.2, 0.25) is 0 Å². The molecule has 0 bridgehead atoms. The van der Waals surface area contributed by atoms with E-state index in [4.69, 9.17) is 6.42 Å². The molecule has 2 aromatic carbocycles. The van der Waals surface area contributed by atoms with E-state index in [1.807, 2.05) is 71.3 Å². The first-order chi connectivity index (χ1) is 23.3. The number of piperazine rings is 1. The molecular weight excluding hydrogens is 607 g/mol. The van der Waals surface area contributed by atoms with Crippen LogP contribution in [0, 0.1) is 30.5 Å². The number of terminal acetylenes is 1. The van der Waals surface area contributed by atoms with E-state index in [0.29, 0.717) is 57.1 Å². The van der Waals surface area contributed by atoms with E-state index in [1.165, 1.54) is 12.3 Å². The van der Waals surface area contributed by atoms with Crippen molar-refractivity contribution in [2.45, 2.75) is 13.3 Å². The van der Waals surface area contributed by atoms with Crippen molar-refractivity contribution < 1.29 is 14.0 Å². The van der Waals surface area contributed by atoms with E-state index in [2.05, 4.69) is 36.3 Å². The summed E-state index contributed by atoms with van der Waals surface area (Å²) in [4.78, 5) is 41.5. The van der Waals surface area contributed by atoms with Gasteiger partial charge in [0, 0.05) is 79.0 Å². The average molecular weight is 643 g/mol. The van der Waals surface area contributed by atoms with E-state index in [0.717, 1.165) is 39.1 Å². The maximum atomic E-state index is 13.6. The molecule has 5 heterocycles. The summed E-state index contributed by atoms with van der Waals surface area (Å²) in [6, 6.07) is 20.6. The summed E-state index contributed by atoms with van der Waals surface area (Å²) < 4.78 is 13.2. The zero-order valence-corrected chi connectivity index (χ0v) is 26.6. The van der Waals surface area contributed by atoms with Crippen LogP contribution in [0.3, 0.4) is 0 Å². The standard InChI is InChI=1S/C37H35FN8O2/c1-3-37(36(48)41-29-7-11-33-31(21-29)35(43-42-33)27-12-14-39-25(2)20-27)13-15-44(24-37)23-34(47)46-18-16-45(17-19-46)30-8-4-26(5-9-30)32-10-6-28(38)22-40-32/h1,4-12,14,20-22H,13,15-19,23-24H2,2H3,(H,41,48)(H,42,43). The van der Waals surface area contributed by atoms with E-state index >= 15 is 0 Å². The summed E-state index contributed by atoms with van der Waals surface area (Å²) in [6.45, 7) is 5.64. The maximum absolute atomic E-state index is 13.6. The van der Waals surface area contributed by atoms with Gasteiger partial charge in [-0.15, -0.1) is 6.42 Å². The number of amides is 2. The number of benzene rings is 2. The fourth-order valence-electron chi connectivity index (χ4n) is 6.54. The molecule has 242 valence electrons. The van der Waals surface area contributed by atoms with Crippen LogP contribution in [0.15, 0.2) is 79.1 Å². The second-order valence-electron chi connectivity index (χ2n) is 12.4. The number of hydrogen-bond donors (Lipinski definition) is 2. The van der Waals surface area contributed by atoms with Gasteiger partial charge in [-0.25, -0.2) is 4.39 Å². The molecule has 0 radical (unpaired) electrons. The molecule has 2 aliphatic heterocycles. The lowest BCUT2D eigenvalue weighted by atomic mass is 9.87. The van der Waals surface area contributed by atoms with Crippen LogP contribution in [-0.4, -0.2) is 87.6 Å². The first kappa shape index (κ1) is 31.0. The molecule has 2 N–H and O–H groups in total. The number of aryl methyl sites for hydroxylation is 1. The summed E-state index contributed by atoms with van der Waals surface area (Å²) >= 11 is 0. The molecule has 0 aliphatic carbocycles. The number of aromatic nitrogens is 4. The number of carbonyl (C=O) groups excluding carboxylic acids is 2. The van der Waals surface area contributed by atoms with Gasteiger partial charge in [0.25, 0.3) is 0 Å². The minimum atomic E-state index is -1.04. The lowest BCUT2D eigenvalue weighted by Gasteiger charge is -2.37. The molecule has 0 saturated carbocycles. The second kappa shape index (κ2) is 12.9. The highest BCUT2D eigenvalue weighted by Crippen LogP contribution is 2.33. The topological polar surface area (TPSA) is 110 Å². The predicted octanol–water partition coefficient (Wildman–Crippen LogP) is 4.75. The number of fused-ring (bicyclic) bond motifs is 1. The van der Waals surface area contributed by atoms with Crippen molar-refractivity contribution in [3.8, 4) is 34.9 Å². The highest BCUT2D eigenvalue weighted by atomic mass is 19.1. The van der Waals surface area contributed by atoms with Gasteiger partial charge in [-0.1, -0.05) is 18.1 Å². The Morgan fingerprint density at radius 1 is 0.979 bits per heavy atom. The van der Waals surface area contributed by atoms with Crippen LogP contribution in [0.25, 0.3) is 33.4 Å². The Bertz CT molecular complexity index is 2010. The maximum Gasteiger partial charge on any atom is 0.244 e. The normalized spacial score (nSPS) is 18.2.